The summed E-state index contributed by atoms with van der Waals surface area (Å²) >= 11 is 3.52. The zero-order valence-corrected chi connectivity index (χ0v) is 11.8. The van der Waals surface area contributed by atoms with E-state index in [0.717, 1.165) is 23.1 Å². The van der Waals surface area contributed by atoms with Gasteiger partial charge in [0, 0.05) is 4.47 Å². The van der Waals surface area contributed by atoms with Crippen molar-refractivity contribution in [2.45, 2.75) is 32.6 Å². The summed E-state index contributed by atoms with van der Waals surface area (Å²) < 4.78 is 6.53. The molecule has 0 aliphatic rings. The van der Waals surface area contributed by atoms with Crippen LogP contribution >= 0.6 is 15.9 Å². The van der Waals surface area contributed by atoms with Crippen LogP contribution in [0.5, 0.6) is 5.75 Å². The highest BCUT2D eigenvalue weighted by Gasteiger charge is 2.13. The van der Waals surface area contributed by atoms with Crippen molar-refractivity contribution >= 4 is 15.9 Å². The lowest BCUT2D eigenvalue weighted by Crippen LogP contribution is -1.99. The molecule has 0 bridgehead atoms. The van der Waals surface area contributed by atoms with Gasteiger partial charge < -0.3 is 4.74 Å². The van der Waals surface area contributed by atoms with Crippen molar-refractivity contribution in [1.29, 1.82) is 0 Å². The van der Waals surface area contributed by atoms with Crippen LogP contribution in [0.2, 0.25) is 0 Å². The molecule has 1 unspecified atom stereocenters. The van der Waals surface area contributed by atoms with Crippen molar-refractivity contribution in [2.75, 3.05) is 7.11 Å². The number of hydrogen-bond donors (Lipinski definition) is 0. The molecule has 1 aromatic rings. The van der Waals surface area contributed by atoms with Crippen LogP contribution in [0.15, 0.2) is 34.8 Å². The van der Waals surface area contributed by atoms with Gasteiger partial charge in [0.15, 0.2) is 0 Å². The van der Waals surface area contributed by atoms with Crippen molar-refractivity contribution in [3.63, 3.8) is 0 Å². The Bertz CT molecular complexity index is 358. The summed E-state index contributed by atoms with van der Waals surface area (Å²) in [6, 6.07) is 6.21. The molecule has 0 fully saturated rings. The zero-order valence-electron chi connectivity index (χ0n) is 10.2. The molecule has 0 aliphatic heterocycles. The second-order valence-corrected chi connectivity index (χ2v) is 4.71. The Morgan fingerprint density at radius 3 is 2.75 bits per heavy atom. The van der Waals surface area contributed by atoms with E-state index in [2.05, 4.69) is 48.0 Å². The quantitative estimate of drug-likeness (QED) is 0.697. The first-order chi connectivity index (χ1) is 7.72. The summed E-state index contributed by atoms with van der Waals surface area (Å²) in [5.74, 6) is 1.52. The molecule has 0 N–H and O–H groups in total. The van der Waals surface area contributed by atoms with Crippen molar-refractivity contribution in [1.82, 2.24) is 0 Å². The van der Waals surface area contributed by atoms with Crippen LogP contribution in [-0.4, -0.2) is 7.11 Å². The normalized spacial score (nSPS) is 13.0. The molecule has 88 valence electrons. The molecule has 0 saturated heterocycles. The van der Waals surface area contributed by atoms with Crippen LogP contribution in [0.1, 0.15) is 38.2 Å². The van der Waals surface area contributed by atoms with E-state index < -0.39 is 0 Å². The summed E-state index contributed by atoms with van der Waals surface area (Å²) in [6.07, 6.45) is 6.51. The van der Waals surface area contributed by atoms with Crippen LogP contribution in [0.25, 0.3) is 0 Å². The van der Waals surface area contributed by atoms with Gasteiger partial charge in [-0.15, -0.1) is 0 Å². The summed E-state index contributed by atoms with van der Waals surface area (Å²) in [5.41, 5.74) is 1.29. The van der Waals surface area contributed by atoms with Crippen LogP contribution in [0.4, 0.5) is 0 Å². The number of ether oxygens (including phenoxy) is 1. The Hall–Kier alpha value is -0.760. The Labute approximate surface area is 107 Å². The molecule has 0 radical (unpaired) electrons. The summed E-state index contributed by atoms with van der Waals surface area (Å²) in [4.78, 5) is 0. The Kier molecular flexibility index (Phi) is 5.61. The number of rotatable bonds is 5. The molecule has 0 heterocycles. The Morgan fingerprint density at radius 2 is 2.19 bits per heavy atom. The van der Waals surface area contributed by atoms with E-state index >= 15 is 0 Å². The second-order valence-electron chi connectivity index (χ2n) is 3.80. The standard InChI is InChI=1S/C14H19BrO/c1-4-6-7-11(5-2)13-10-12(15)8-9-14(13)16-3/h4,6,8-11H,5,7H2,1-3H3/b6-4-. The first-order valence-electron chi connectivity index (χ1n) is 5.67. The lowest BCUT2D eigenvalue weighted by Gasteiger charge is -2.17. The van der Waals surface area contributed by atoms with Gasteiger partial charge >= 0.3 is 0 Å². The van der Waals surface area contributed by atoms with Crippen LogP contribution < -0.4 is 4.74 Å². The Morgan fingerprint density at radius 1 is 1.44 bits per heavy atom. The largest absolute Gasteiger partial charge is 0.496 e. The lowest BCUT2D eigenvalue weighted by atomic mass is 9.92. The van der Waals surface area contributed by atoms with Gasteiger partial charge in [-0.1, -0.05) is 35.0 Å². The van der Waals surface area contributed by atoms with Gasteiger partial charge in [0.2, 0.25) is 0 Å². The Balaban J connectivity index is 3.01. The molecule has 0 aromatic heterocycles. The van der Waals surface area contributed by atoms with E-state index in [4.69, 9.17) is 4.74 Å². The third kappa shape index (κ3) is 3.38. The molecule has 1 nitrogen and oxygen atoms in total. The number of methoxy groups -OCH3 is 1. The molecule has 0 spiro atoms. The molecule has 1 rings (SSSR count). The fraction of sp³-hybridized carbons (Fsp3) is 0.429. The van der Waals surface area contributed by atoms with E-state index in [1.807, 2.05) is 12.1 Å². The van der Waals surface area contributed by atoms with Gasteiger partial charge in [-0.25, -0.2) is 0 Å². The third-order valence-corrected chi connectivity index (χ3v) is 3.27. The van der Waals surface area contributed by atoms with Crippen molar-refractivity contribution < 1.29 is 4.74 Å². The van der Waals surface area contributed by atoms with Crippen LogP contribution in [0, 0.1) is 0 Å². The molecular formula is C14H19BrO. The maximum Gasteiger partial charge on any atom is 0.122 e. The fourth-order valence-electron chi connectivity index (χ4n) is 1.84. The van der Waals surface area contributed by atoms with Crippen molar-refractivity contribution in [3.05, 3.63) is 40.4 Å². The van der Waals surface area contributed by atoms with E-state index in [1.54, 1.807) is 7.11 Å². The van der Waals surface area contributed by atoms with E-state index in [9.17, 15) is 0 Å². The molecule has 0 aliphatic carbocycles. The van der Waals surface area contributed by atoms with Crippen LogP contribution in [0.3, 0.4) is 0 Å². The number of halogens is 1. The maximum atomic E-state index is 5.42. The zero-order chi connectivity index (χ0) is 12.0. The number of hydrogen-bond acceptors (Lipinski definition) is 1. The average Bonchev–Trinajstić information content (AvgIpc) is 2.30. The predicted octanol–water partition coefficient (Wildman–Crippen LogP) is 4.92. The van der Waals surface area contributed by atoms with Gasteiger partial charge in [-0.2, -0.15) is 0 Å². The third-order valence-electron chi connectivity index (χ3n) is 2.78. The molecule has 0 saturated carbocycles. The molecule has 16 heavy (non-hydrogen) atoms. The van der Waals surface area contributed by atoms with Gasteiger partial charge in [0.05, 0.1) is 7.11 Å². The molecule has 1 atom stereocenters. The maximum absolute atomic E-state index is 5.42. The van der Waals surface area contributed by atoms with Crippen LogP contribution in [-0.2, 0) is 0 Å². The minimum atomic E-state index is 0.531. The van der Waals surface area contributed by atoms with Gasteiger partial charge in [-0.3, -0.25) is 0 Å². The summed E-state index contributed by atoms with van der Waals surface area (Å²) in [7, 11) is 1.73. The fourth-order valence-corrected chi connectivity index (χ4v) is 2.22. The molecular weight excluding hydrogens is 264 g/mol. The highest BCUT2D eigenvalue weighted by Crippen LogP contribution is 2.33. The SMILES string of the molecule is C/C=C\CC(CC)c1cc(Br)ccc1OC. The molecule has 2 heteroatoms. The van der Waals surface area contributed by atoms with Gasteiger partial charge in [-0.05, 0) is 49.4 Å². The van der Waals surface area contributed by atoms with E-state index in [1.165, 1.54) is 5.56 Å². The first kappa shape index (κ1) is 13.3. The van der Waals surface area contributed by atoms with Crippen molar-refractivity contribution in [2.24, 2.45) is 0 Å². The average molecular weight is 283 g/mol. The van der Waals surface area contributed by atoms with Gasteiger partial charge in [0.1, 0.15) is 5.75 Å². The minimum absolute atomic E-state index is 0.531. The summed E-state index contributed by atoms with van der Waals surface area (Å²) in [5, 5.41) is 0. The topological polar surface area (TPSA) is 9.23 Å². The molecule has 0 amide bonds. The van der Waals surface area contributed by atoms with E-state index in [0.29, 0.717) is 5.92 Å². The monoisotopic (exact) mass is 282 g/mol. The predicted molar refractivity (Wildman–Crippen MR) is 73.2 cm³/mol. The van der Waals surface area contributed by atoms with Crippen molar-refractivity contribution in [3.8, 4) is 5.75 Å². The second kappa shape index (κ2) is 6.74. The van der Waals surface area contributed by atoms with Gasteiger partial charge in [0.25, 0.3) is 0 Å². The number of benzene rings is 1. The minimum Gasteiger partial charge on any atom is -0.496 e. The summed E-state index contributed by atoms with van der Waals surface area (Å²) in [6.45, 7) is 4.28. The highest BCUT2D eigenvalue weighted by atomic mass is 79.9. The number of allylic oxidation sites excluding steroid dienone is 2. The molecule has 1 aromatic carbocycles. The smallest absolute Gasteiger partial charge is 0.122 e. The highest BCUT2D eigenvalue weighted by molar-refractivity contribution is 9.10. The lowest BCUT2D eigenvalue weighted by molar-refractivity contribution is 0.404. The first-order valence-corrected chi connectivity index (χ1v) is 6.46. The van der Waals surface area contributed by atoms with E-state index in [-0.39, 0.29) is 0 Å².